The van der Waals surface area contributed by atoms with Crippen molar-refractivity contribution in [2.75, 3.05) is 6.26 Å². The van der Waals surface area contributed by atoms with Gasteiger partial charge in [-0.05, 0) is 23.6 Å². The van der Waals surface area contributed by atoms with Crippen LogP contribution in [0.3, 0.4) is 0 Å². The minimum absolute atomic E-state index is 0.114. The van der Waals surface area contributed by atoms with E-state index in [0.29, 0.717) is 5.56 Å². The van der Waals surface area contributed by atoms with Crippen LogP contribution in [0.2, 0.25) is 0 Å². The Kier molecular flexibility index (Phi) is 5.71. The fraction of sp³-hybridized carbons (Fsp3) is 0.462. The van der Waals surface area contributed by atoms with Gasteiger partial charge >= 0.3 is 5.97 Å². The van der Waals surface area contributed by atoms with E-state index in [0.717, 1.165) is 6.26 Å². The van der Waals surface area contributed by atoms with Gasteiger partial charge in [0, 0.05) is 6.26 Å². The van der Waals surface area contributed by atoms with Crippen molar-refractivity contribution in [1.29, 1.82) is 0 Å². The molecule has 2 N–H and O–H groups in total. The van der Waals surface area contributed by atoms with Gasteiger partial charge in [-0.1, -0.05) is 26.0 Å². The number of carbonyl (C=O) groups is 1. The minimum Gasteiger partial charge on any atom is -0.480 e. The number of sulfone groups is 1. The van der Waals surface area contributed by atoms with Crippen LogP contribution in [0.25, 0.3) is 0 Å². The molecule has 0 amide bonds. The van der Waals surface area contributed by atoms with Gasteiger partial charge < -0.3 is 5.11 Å². The molecule has 0 saturated carbocycles. The van der Waals surface area contributed by atoms with Crippen LogP contribution in [-0.2, 0) is 30.4 Å². The molecule has 0 aliphatic heterocycles. The average molecular weight is 349 g/mol. The highest BCUT2D eigenvalue weighted by atomic mass is 32.2. The number of nitrogens with one attached hydrogen (secondary N) is 1. The Bertz CT molecular complexity index is 735. The van der Waals surface area contributed by atoms with E-state index >= 15 is 0 Å². The molecule has 0 unspecified atom stereocenters. The van der Waals surface area contributed by atoms with Crippen LogP contribution in [0.4, 0.5) is 0 Å². The summed E-state index contributed by atoms with van der Waals surface area (Å²) < 4.78 is 48.8. The Morgan fingerprint density at radius 3 is 2.00 bits per heavy atom. The first-order valence-electron chi connectivity index (χ1n) is 6.44. The molecule has 124 valence electrons. The zero-order valence-electron chi connectivity index (χ0n) is 12.5. The fourth-order valence-corrected chi connectivity index (χ4v) is 3.91. The summed E-state index contributed by atoms with van der Waals surface area (Å²) in [6, 6.07) is 4.05. The number of hydrogen-bond donors (Lipinski definition) is 2. The lowest BCUT2D eigenvalue weighted by atomic mass is 10.1. The van der Waals surface area contributed by atoms with Crippen molar-refractivity contribution in [3.63, 3.8) is 0 Å². The highest BCUT2D eigenvalue weighted by Gasteiger charge is 2.27. The van der Waals surface area contributed by atoms with E-state index in [1.54, 1.807) is 13.8 Å². The molecular formula is C13H19NO6S2. The molecule has 1 aromatic carbocycles. The van der Waals surface area contributed by atoms with Gasteiger partial charge in [-0.3, -0.25) is 4.79 Å². The first kappa shape index (κ1) is 18.6. The summed E-state index contributed by atoms with van der Waals surface area (Å²) in [4.78, 5) is 11.0. The molecule has 1 aromatic rings. The van der Waals surface area contributed by atoms with Crippen LogP contribution in [0.1, 0.15) is 19.4 Å². The summed E-state index contributed by atoms with van der Waals surface area (Å²) in [5, 5.41) is 9.03. The maximum Gasteiger partial charge on any atom is 0.322 e. The first-order chi connectivity index (χ1) is 9.92. The number of carboxylic acids is 1. The van der Waals surface area contributed by atoms with Gasteiger partial charge in [0.25, 0.3) is 0 Å². The maximum atomic E-state index is 12.2. The predicted octanol–water partition coefficient (Wildman–Crippen LogP) is 0.619. The van der Waals surface area contributed by atoms with Gasteiger partial charge in [-0.15, -0.1) is 0 Å². The lowest BCUT2D eigenvalue weighted by Crippen LogP contribution is -2.44. The number of aliphatic carboxylic acids is 1. The van der Waals surface area contributed by atoms with Crippen LogP contribution >= 0.6 is 0 Å². The number of carboxylic acid groups (broad SMARTS) is 1. The zero-order chi connectivity index (χ0) is 17.1. The van der Waals surface area contributed by atoms with Crippen LogP contribution in [0, 0.1) is 5.92 Å². The summed E-state index contributed by atoms with van der Waals surface area (Å²) in [5.41, 5.74) is 0.458. The van der Waals surface area contributed by atoms with Crippen LogP contribution in [-0.4, -0.2) is 40.2 Å². The van der Waals surface area contributed by atoms with E-state index in [1.165, 1.54) is 24.3 Å². The molecular weight excluding hydrogens is 330 g/mol. The Balaban J connectivity index is 3.01. The molecule has 0 spiro atoms. The molecule has 0 radical (unpaired) electrons. The molecule has 0 aliphatic rings. The molecule has 0 aromatic heterocycles. The van der Waals surface area contributed by atoms with Gasteiger partial charge in [0.2, 0.25) is 10.0 Å². The summed E-state index contributed by atoms with van der Waals surface area (Å²) in [7, 11) is -7.20. The third-order valence-electron chi connectivity index (χ3n) is 2.88. The van der Waals surface area contributed by atoms with Crippen molar-refractivity contribution in [3.8, 4) is 0 Å². The summed E-state index contributed by atoms with van der Waals surface area (Å²) in [6.07, 6.45) is 1.08. The second-order valence-corrected chi connectivity index (χ2v) is 9.25. The van der Waals surface area contributed by atoms with Crippen molar-refractivity contribution < 1.29 is 26.7 Å². The second kappa shape index (κ2) is 6.76. The van der Waals surface area contributed by atoms with E-state index in [-0.39, 0.29) is 10.6 Å². The standard InChI is InChI=1S/C13H19NO6S2/c1-9(2)12(13(15)16)14-22(19,20)11-6-4-10(5-7-11)8-21(3,17)18/h4-7,9,12,14H,8H2,1-3H3,(H,15,16)/t12-/m0/s1. The molecule has 1 atom stereocenters. The average Bonchev–Trinajstić information content (AvgIpc) is 2.34. The molecule has 22 heavy (non-hydrogen) atoms. The Labute approximate surface area is 130 Å². The third-order valence-corrected chi connectivity index (χ3v) is 5.19. The Hall–Kier alpha value is -1.45. The van der Waals surface area contributed by atoms with Crippen LogP contribution in [0.15, 0.2) is 29.2 Å². The molecule has 0 saturated heterocycles. The second-order valence-electron chi connectivity index (χ2n) is 5.40. The monoisotopic (exact) mass is 349 g/mol. The first-order valence-corrected chi connectivity index (χ1v) is 9.98. The van der Waals surface area contributed by atoms with Crippen molar-refractivity contribution in [1.82, 2.24) is 4.72 Å². The van der Waals surface area contributed by atoms with E-state index in [1.807, 2.05) is 0 Å². The third kappa shape index (κ3) is 5.39. The smallest absolute Gasteiger partial charge is 0.322 e. The molecule has 9 heteroatoms. The van der Waals surface area contributed by atoms with E-state index in [4.69, 9.17) is 5.11 Å². The number of benzene rings is 1. The molecule has 7 nitrogen and oxygen atoms in total. The lowest BCUT2D eigenvalue weighted by molar-refractivity contribution is -0.140. The van der Waals surface area contributed by atoms with Crippen molar-refractivity contribution in [2.24, 2.45) is 5.92 Å². The van der Waals surface area contributed by atoms with E-state index in [9.17, 15) is 21.6 Å². The topological polar surface area (TPSA) is 118 Å². The van der Waals surface area contributed by atoms with E-state index in [2.05, 4.69) is 4.72 Å². The largest absolute Gasteiger partial charge is 0.480 e. The molecule has 0 heterocycles. The quantitative estimate of drug-likeness (QED) is 0.745. The summed E-state index contributed by atoms with van der Waals surface area (Å²) in [5.74, 6) is -1.87. The fourth-order valence-electron chi connectivity index (χ4n) is 1.77. The van der Waals surface area contributed by atoms with Crippen LogP contribution < -0.4 is 4.72 Å². The van der Waals surface area contributed by atoms with Crippen molar-refractivity contribution in [3.05, 3.63) is 29.8 Å². The number of sulfonamides is 1. The molecule has 0 bridgehead atoms. The lowest BCUT2D eigenvalue weighted by Gasteiger charge is -2.18. The highest BCUT2D eigenvalue weighted by Crippen LogP contribution is 2.14. The van der Waals surface area contributed by atoms with Gasteiger partial charge in [0.1, 0.15) is 6.04 Å². The Morgan fingerprint density at radius 2 is 1.64 bits per heavy atom. The van der Waals surface area contributed by atoms with E-state index < -0.39 is 37.8 Å². The molecule has 1 rings (SSSR count). The molecule has 0 fully saturated rings. The zero-order valence-corrected chi connectivity index (χ0v) is 14.1. The minimum atomic E-state index is -3.99. The van der Waals surface area contributed by atoms with Crippen LogP contribution in [0.5, 0.6) is 0 Å². The SMILES string of the molecule is CC(C)[C@H](NS(=O)(=O)c1ccc(CS(C)(=O)=O)cc1)C(=O)O. The van der Waals surface area contributed by atoms with Gasteiger partial charge in [0.15, 0.2) is 9.84 Å². The normalized spacial score (nSPS) is 14.0. The predicted molar refractivity (Wildman–Crippen MR) is 81.6 cm³/mol. The van der Waals surface area contributed by atoms with Crippen molar-refractivity contribution in [2.45, 2.75) is 30.5 Å². The van der Waals surface area contributed by atoms with Gasteiger partial charge in [0.05, 0.1) is 10.6 Å². The summed E-state index contributed by atoms with van der Waals surface area (Å²) in [6.45, 7) is 3.19. The Morgan fingerprint density at radius 1 is 1.14 bits per heavy atom. The number of hydrogen-bond acceptors (Lipinski definition) is 5. The molecule has 0 aliphatic carbocycles. The highest BCUT2D eigenvalue weighted by molar-refractivity contribution is 7.90. The van der Waals surface area contributed by atoms with Gasteiger partial charge in [-0.25, -0.2) is 16.8 Å². The maximum absolute atomic E-state index is 12.2. The van der Waals surface area contributed by atoms with Crippen molar-refractivity contribution >= 4 is 25.8 Å². The van der Waals surface area contributed by atoms with Gasteiger partial charge in [-0.2, -0.15) is 4.72 Å². The summed E-state index contributed by atoms with van der Waals surface area (Å²) >= 11 is 0. The number of rotatable bonds is 7.